The monoisotopic (exact) mass is 935 g/mol. The molecule has 69 heavy (non-hydrogen) atoms. The summed E-state index contributed by atoms with van der Waals surface area (Å²) in [6.07, 6.45) is 1.78. The highest BCUT2D eigenvalue weighted by atomic mass is 32.1. The quantitative estimate of drug-likeness (QED) is 0.168. The van der Waals surface area contributed by atoms with Crippen LogP contribution in [0.3, 0.4) is 0 Å². The van der Waals surface area contributed by atoms with Gasteiger partial charge >= 0.3 is 0 Å². The Balaban J connectivity index is 1.03. The Hall–Kier alpha value is -7.48. The van der Waals surface area contributed by atoms with E-state index in [0.29, 0.717) is 0 Å². The predicted octanol–water partition coefficient (Wildman–Crippen LogP) is 18.6. The average Bonchev–Trinajstić information content (AvgIpc) is 4.16. The topological polar surface area (TPSA) is 29.6 Å². The van der Waals surface area contributed by atoms with E-state index in [1.807, 2.05) is 34.0 Å². The molecule has 0 N–H and O–H groups in total. The third-order valence-electron chi connectivity index (χ3n) is 14.8. The molecule has 15 rings (SSSR count). The Kier molecular flexibility index (Phi) is 8.74. The molecule has 6 heteroatoms. The van der Waals surface area contributed by atoms with E-state index < -0.39 is 0 Å². The molecule has 14 aromatic rings. The molecular formula is C63H41N3S3. The van der Waals surface area contributed by atoms with Gasteiger partial charge in [0.2, 0.25) is 0 Å². The predicted molar refractivity (Wildman–Crippen MR) is 302 cm³/mol. The summed E-state index contributed by atoms with van der Waals surface area (Å²) in [5, 5.41) is 15.3. The molecule has 0 amide bonds. The summed E-state index contributed by atoms with van der Waals surface area (Å²) >= 11 is 5.63. The molecule has 0 fully saturated rings. The maximum Gasteiger partial charge on any atom is 0.156 e. The van der Waals surface area contributed by atoms with Crippen LogP contribution in [0.2, 0.25) is 0 Å². The minimum atomic E-state index is -0.176. The van der Waals surface area contributed by atoms with Gasteiger partial charge in [0.05, 0.1) is 22.8 Å². The van der Waals surface area contributed by atoms with Crippen LogP contribution in [0.4, 0.5) is 0 Å². The number of fused-ring (bicyclic) bond motifs is 15. The first-order valence-electron chi connectivity index (χ1n) is 23.9. The number of nitrogens with zero attached hydrogens (tertiary/aromatic N) is 3. The van der Waals surface area contributed by atoms with Crippen LogP contribution in [0.1, 0.15) is 42.5 Å². The second kappa shape index (κ2) is 15.3. The Labute approximate surface area is 409 Å². The summed E-state index contributed by atoms with van der Waals surface area (Å²) in [5.74, 6) is 1.00. The first-order chi connectivity index (χ1) is 34.1. The lowest BCUT2D eigenvalue weighted by atomic mass is 9.86. The first kappa shape index (κ1) is 39.5. The number of benzene rings is 10. The molecule has 2 unspecified atom stereocenters. The summed E-state index contributed by atoms with van der Waals surface area (Å²) < 4.78 is 10.2. The molecule has 326 valence electrons. The fourth-order valence-electron chi connectivity index (χ4n) is 11.6. The van der Waals surface area contributed by atoms with E-state index in [1.54, 1.807) is 0 Å². The van der Waals surface area contributed by atoms with Crippen LogP contribution in [0.25, 0.3) is 110 Å². The summed E-state index contributed by atoms with van der Waals surface area (Å²) in [4.78, 5) is 11.9. The molecule has 0 saturated carbocycles. The summed E-state index contributed by atoms with van der Waals surface area (Å²) in [6.45, 7) is 2.43. The molecule has 2 atom stereocenters. The fraction of sp³-hybridized carbons (Fsp3) is 0.0794. The summed E-state index contributed by atoms with van der Waals surface area (Å²) in [6, 6.07) is 72.0. The van der Waals surface area contributed by atoms with Crippen molar-refractivity contribution in [1.82, 2.24) is 4.57 Å². The van der Waals surface area contributed by atoms with Crippen molar-refractivity contribution in [2.75, 3.05) is 0 Å². The van der Waals surface area contributed by atoms with Crippen LogP contribution in [0.15, 0.2) is 204 Å². The summed E-state index contributed by atoms with van der Waals surface area (Å²) in [7, 11) is 0. The second-order valence-electron chi connectivity index (χ2n) is 18.8. The van der Waals surface area contributed by atoms with Gasteiger partial charge in [-0.3, -0.25) is 4.99 Å². The number of aromatic nitrogens is 1. The largest absolute Gasteiger partial charge is 0.309 e. The zero-order valence-corrected chi connectivity index (χ0v) is 40.1. The van der Waals surface area contributed by atoms with Gasteiger partial charge in [0.25, 0.3) is 0 Å². The third-order valence-corrected chi connectivity index (χ3v) is 18.4. The molecule has 3 nitrogen and oxygen atoms in total. The van der Waals surface area contributed by atoms with E-state index in [9.17, 15) is 0 Å². The van der Waals surface area contributed by atoms with Crippen molar-refractivity contribution >= 4 is 149 Å². The van der Waals surface area contributed by atoms with Crippen molar-refractivity contribution in [1.29, 1.82) is 0 Å². The molecule has 1 aliphatic rings. The zero-order valence-electron chi connectivity index (χ0n) is 37.6. The Bertz CT molecular complexity index is 4540. The van der Waals surface area contributed by atoms with Gasteiger partial charge in [-0.15, -0.1) is 34.0 Å². The van der Waals surface area contributed by atoms with Gasteiger partial charge in [0.15, 0.2) is 5.84 Å². The van der Waals surface area contributed by atoms with Gasteiger partial charge in [0.1, 0.15) is 0 Å². The maximum atomic E-state index is 6.08. The number of thiophene rings is 3. The van der Waals surface area contributed by atoms with E-state index in [-0.39, 0.29) is 12.0 Å². The molecule has 0 bridgehead atoms. The maximum absolute atomic E-state index is 6.08. The lowest BCUT2D eigenvalue weighted by molar-refractivity contribution is 0.448. The number of aliphatic imine (C=N–C) groups is 2. The fourth-order valence-corrected chi connectivity index (χ4v) is 15.2. The van der Waals surface area contributed by atoms with E-state index in [2.05, 4.69) is 206 Å². The zero-order chi connectivity index (χ0) is 45.3. The third kappa shape index (κ3) is 6.02. The minimum absolute atomic E-state index is 0.176. The molecule has 4 aromatic heterocycles. The summed E-state index contributed by atoms with van der Waals surface area (Å²) in [5.41, 5.74) is 8.26. The smallest absolute Gasteiger partial charge is 0.156 e. The van der Waals surface area contributed by atoms with E-state index in [0.717, 1.165) is 35.6 Å². The normalized spacial score (nSPS) is 17.5. The number of hydrogen-bond acceptors (Lipinski definition) is 5. The number of amidine groups is 1. The van der Waals surface area contributed by atoms with Gasteiger partial charge in [-0.2, -0.15) is 0 Å². The van der Waals surface area contributed by atoms with E-state index in [1.165, 1.54) is 115 Å². The standard InChI is InChI=1S/C63H41N3S3/c1-36-28-30-51(46-23-12-21-44-42-18-6-9-25-54(42)68-61(44)46)64-63(48-24-13-22-45-43-19-7-10-26-55(43)69-62(45)48)65-60(36)50-34-40(35-57-59(50)47-20-8-11-27-56(47)67-57)66-52-31-29-37-14-4-5-17-41(37)58(52)49-32-38-15-2-3-16-39(38)33-53(49)66/h2-27,29,31-36,60H,28,30H2,1H3/b64-51+,65-63-. The van der Waals surface area contributed by atoms with Crippen LogP contribution in [0, 0.1) is 5.92 Å². The molecular weight excluding hydrogens is 895 g/mol. The Morgan fingerprint density at radius 1 is 0.449 bits per heavy atom. The molecule has 0 spiro atoms. The van der Waals surface area contributed by atoms with Gasteiger partial charge in [-0.05, 0) is 100 Å². The van der Waals surface area contributed by atoms with Gasteiger partial charge < -0.3 is 4.57 Å². The Morgan fingerprint density at radius 3 is 1.78 bits per heavy atom. The van der Waals surface area contributed by atoms with Gasteiger partial charge in [-0.1, -0.05) is 146 Å². The van der Waals surface area contributed by atoms with Crippen molar-refractivity contribution in [2.24, 2.45) is 15.9 Å². The van der Waals surface area contributed by atoms with Gasteiger partial charge in [-0.25, -0.2) is 4.99 Å². The van der Waals surface area contributed by atoms with Crippen molar-refractivity contribution in [2.45, 2.75) is 25.8 Å². The van der Waals surface area contributed by atoms with Gasteiger partial charge in [0, 0.05) is 88.1 Å². The molecule has 10 aromatic carbocycles. The minimum Gasteiger partial charge on any atom is -0.309 e. The SMILES string of the molecule is CC1CC/C(c2cccc3c2sc2ccccc23)=N\C(c2cccc3c2sc2ccccc23)=N/C1c1cc(-n2c3cc4ccccc4cc3c3c4ccccc4ccc32)cc2sc3ccccc3c12. The van der Waals surface area contributed by atoms with Crippen LogP contribution in [-0.4, -0.2) is 16.1 Å². The highest BCUT2D eigenvalue weighted by molar-refractivity contribution is 7.27. The lowest BCUT2D eigenvalue weighted by Crippen LogP contribution is -2.18. The lowest BCUT2D eigenvalue weighted by Gasteiger charge is -2.26. The molecule has 1 aliphatic heterocycles. The Morgan fingerprint density at radius 2 is 1.04 bits per heavy atom. The first-order valence-corrected chi connectivity index (χ1v) is 26.3. The molecule has 5 heterocycles. The highest BCUT2D eigenvalue weighted by Gasteiger charge is 2.29. The van der Waals surface area contributed by atoms with Crippen molar-refractivity contribution in [3.63, 3.8) is 0 Å². The van der Waals surface area contributed by atoms with E-state index >= 15 is 0 Å². The van der Waals surface area contributed by atoms with Crippen molar-refractivity contribution in [3.05, 3.63) is 211 Å². The van der Waals surface area contributed by atoms with Crippen molar-refractivity contribution < 1.29 is 0 Å². The van der Waals surface area contributed by atoms with Crippen molar-refractivity contribution in [3.8, 4) is 5.69 Å². The van der Waals surface area contributed by atoms with E-state index in [4.69, 9.17) is 9.98 Å². The van der Waals surface area contributed by atoms with Crippen LogP contribution in [-0.2, 0) is 0 Å². The highest BCUT2D eigenvalue weighted by Crippen LogP contribution is 2.47. The molecule has 0 radical (unpaired) electrons. The van der Waals surface area contributed by atoms with Crippen LogP contribution < -0.4 is 0 Å². The molecule has 0 aliphatic carbocycles. The second-order valence-corrected chi connectivity index (χ2v) is 22.0. The average molecular weight is 936 g/mol. The number of hydrogen-bond donors (Lipinski definition) is 0. The molecule has 0 saturated heterocycles. The number of rotatable bonds is 4. The van der Waals surface area contributed by atoms with Crippen LogP contribution in [0.5, 0.6) is 0 Å². The van der Waals surface area contributed by atoms with Crippen LogP contribution >= 0.6 is 34.0 Å².